The smallest absolute Gasteiger partial charge is 0.246 e. The molecule has 2 aliphatic heterocycles. The third-order valence-electron chi connectivity index (χ3n) is 5.66. The zero-order valence-corrected chi connectivity index (χ0v) is 17.4. The highest BCUT2D eigenvalue weighted by Crippen LogP contribution is 2.27. The van der Waals surface area contributed by atoms with E-state index in [2.05, 4.69) is 32.1 Å². The minimum Gasteiger partial charge on any atom is -0.395 e. The topological polar surface area (TPSA) is 93.6 Å². The number of amides is 1. The number of halogens is 1. The highest BCUT2D eigenvalue weighted by Gasteiger charge is 2.24. The summed E-state index contributed by atoms with van der Waals surface area (Å²) in [5.74, 6) is -0.243. The highest BCUT2D eigenvalue weighted by atomic mass is 19.1. The maximum Gasteiger partial charge on any atom is 0.246 e. The van der Waals surface area contributed by atoms with Gasteiger partial charge in [-0.2, -0.15) is 4.98 Å². The molecule has 1 aromatic heterocycles. The van der Waals surface area contributed by atoms with Gasteiger partial charge >= 0.3 is 0 Å². The molecule has 1 atom stereocenters. The molecule has 2 aromatic rings. The maximum atomic E-state index is 14.3. The SMILES string of the molecule is C=CC(=O)N1CCCC(Nc2nc(Nc3ccc4c(c3)CN(CCO)C4)ncc2F)C1. The Hall–Kier alpha value is -3.04. The third-order valence-corrected chi connectivity index (χ3v) is 5.66. The molecule has 2 aliphatic rings. The van der Waals surface area contributed by atoms with Crippen LogP contribution in [0.25, 0.3) is 0 Å². The lowest BCUT2D eigenvalue weighted by molar-refractivity contribution is -0.127. The number of β-amino-alcohol motifs (C(OH)–C–C–N with tert-alkyl or cyclic N) is 1. The van der Waals surface area contributed by atoms with E-state index in [4.69, 9.17) is 5.11 Å². The number of fused-ring (bicyclic) bond motifs is 1. The highest BCUT2D eigenvalue weighted by molar-refractivity contribution is 5.87. The number of aliphatic hydroxyl groups excluding tert-OH is 1. The number of carbonyl (C=O) groups excluding carboxylic acids is 1. The molecule has 3 heterocycles. The summed E-state index contributed by atoms with van der Waals surface area (Å²) >= 11 is 0. The Labute approximate surface area is 180 Å². The first kappa shape index (κ1) is 21.2. The molecule has 1 unspecified atom stereocenters. The van der Waals surface area contributed by atoms with Crippen molar-refractivity contribution in [2.45, 2.75) is 32.0 Å². The van der Waals surface area contributed by atoms with E-state index >= 15 is 0 Å². The number of carbonyl (C=O) groups is 1. The van der Waals surface area contributed by atoms with Crippen LogP contribution in [-0.4, -0.2) is 63.1 Å². The minimum absolute atomic E-state index is 0.0904. The van der Waals surface area contributed by atoms with Crippen molar-refractivity contribution in [1.82, 2.24) is 19.8 Å². The Morgan fingerprint density at radius 3 is 3.00 bits per heavy atom. The number of hydrogen-bond acceptors (Lipinski definition) is 7. The number of rotatable bonds is 7. The van der Waals surface area contributed by atoms with Crippen LogP contribution in [0.15, 0.2) is 37.1 Å². The molecule has 1 amide bonds. The summed E-state index contributed by atoms with van der Waals surface area (Å²) in [6.07, 6.45) is 4.10. The van der Waals surface area contributed by atoms with E-state index in [-0.39, 0.29) is 24.4 Å². The van der Waals surface area contributed by atoms with Crippen LogP contribution in [0.4, 0.5) is 21.8 Å². The standard InChI is InChI=1S/C22H27FN6O2/c1-2-20(31)29-7-3-4-18(14-29)25-21-19(23)11-24-22(27-21)26-17-6-5-15-12-28(8-9-30)13-16(15)10-17/h2,5-6,10-11,18,30H,1,3-4,7-9,12-14H2,(H2,24,25,26,27). The van der Waals surface area contributed by atoms with Crippen molar-refractivity contribution in [2.24, 2.45) is 0 Å². The van der Waals surface area contributed by atoms with Gasteiger partial charge in [0.05, 0.1) is 12.8 Å². The maximum absolute atomic E-state index is 14.3. The Balaban J connectivity index is 1.43. The van der Waals surface area contributed by atoms with Crippen molar-refractivity contribution in [3.05, 3.63) is 54.0 Å². The van der Waals surface area contributed by atoms with Crippen molar-refractivity contribution in [3.63, 3.8) is 0 Å². The number of likely N-dealkylation sites (tertiary alicyclic amines) is 1. The van der Waals surface area contributed by atoms with Gasteiger partial charge in [0.15, 0.2) is 11.6 Å². The first-order valence-corrected chi connectivity index (χ1v) is 10.5. The number of piperidine rings is 1. The summed E-state index contributed by atoms with van der Waals surface area (Å²) in [7, 11) is 0. The molecule has 1 fully saturated rings. The van der Waals surface area contributed by atoms with Crippen molar-refractivity contribution in [2.75, 3.05) is 36.9 Å². The lowest BCUT2D eigenvalue weighted by Crippen LogP contribution is -2.44. The molecule has 31 heavy (non-hydrogen) atoms. The molecule has 1 aromatic carbocycles. The van der Waals surface area contributed by atoms with Crippen LogP contribution in [0, 0.1) is 5.82 Å². The largest absolute Gasteiger partial charge is 0.395 e. The van der Waals surface area contributed by atoms with Gasteiger partial charge in [-0.05, 0) is 42.2 Å². The number of anilines is 3. The molecule has 0 bridgehead atoms. The molecule has 8 nitrogen and oxygen atoms in total. The number of benzene rings is 1. The van der Waals surface area contributed by atoms with Crippen molar-refractivity contribution in [1.29, 1.82) is 0 Å². The molecule has 4 rings (SSSR count). The van der Waals surface area contributed by atoms with Crippen LogP contribution in [-0.2, 0) is 17.9 Å². The second kappa shape index (κ2) is 9.40. The van der Waals surface area contributed by atoms with Crippen LogP contribution >= 0.6 is 0 Å². The first-order valence-electron chi connectivity index (χ1n) is 10.5. The summed E-state index contributed by atoms with van der Waals surface area (Å²) in [6, 6.07) is 5.94. The molecule has 0 saturated carbocycles. The molecule has 9 heteroatoms. The average Bonchev–Trinajstić information content (AvgIpc) is 3.17. The first-order chi connectivity index (χ1) is 15.1. The van der Waals surface area contributed by atoms with Gasteiger partial charge in [0.2, 0.25) is 11.9 Å². The normalized spacial score (nSPS) is 18.5. The van der Waals surface area contributed by atoms with E-state index in [9.17, 15) is 9.18 Å². The van der Waals surface area contributed by atoms with Gasteiger partial charge in [0.1, 0.15) is 0 Å². The van der Waals surface area contributed by atoms with Crippen molar-refractivity contribution < 1.29 is 14.3 Å². The van der Waals surface area contributed by atoms with Crippen molar-refractivity contribution >= 4 is 23.4 Å². The molecular formula is C22H27FN6O2. The number of nitrogens with one attached hydrogen (secondary N) is 2. The van der Waals surface area contributed by atoms with Gasteiger partial charge in [-0.25, -0.2) is 9.37 Å². The van der Waals surface area contributed by atoms with Crippen LogP contribution < -0.4 is 10.6 Å². The van der Waals surface area contributed by atoms with E-state index in [1.807, 2.05) is 18.2 Å². The number of aliphatic hydroxyl groups is 1. The van der Waals surface area contributed by atoms with E-state index < -0.39 is 5.82 Å². The second-order valence-corrected chi connectivity index (χ2v) is 7.90. The van der Waals surface area contributed by atoms with Crippen LogP contribution in [0.2, 0.25) is 0 Å². The monoisotopic (exact) mass is 426 g/mol. The number of nitrogens with zero attached hydrogens (tertiary/aromatic N) is 4. The molecule has 0 spiro atoms. The number of hydrogen-bond donors (Lipinski definition) is 3. The van der Waals surface area contributed by atoms with Crippen LogP contribution in [0.1, 0.15) is 24.0 Å². The third kappa shape index (κ3) is 5.00. The predicted octanol–water partition coefficient (Wildman–Crippen LogP) is 2.26. The fourth-order valence-electron chi connectivity index (χ4n) is 4.12. The summed E-state index contributed by atoms with van der Waals surface area (Å²) in [4.78, 5) is 24.1. The molecule has 0 radical (unpaired) electrons. The van der Waals surface area contributed by atoms with E-state index in [1.165, 1.54) is 17.2 Å². The molecule has 1 saturated heterocycles. The molecular weight excluding hydrogens is 399 g/mol. The van der Waals surface area contributed by atoms with Crippen LogP contribution in [0.3, 0.4) is 0 Å². The van der Waals surface area contributed by atoms with Gasteiger partial charge < -0.3 is 20.6 Å². The van der Waals surface area contributed by atoms with Gasteiger partial charge in [-0.1, -0.05) is 12.6 Å². The fraction of sp³-hybridized carbons (Fsp3) is 0.409. The van der Waals surface area contributed by atoms with E-state index in [1.54, 1.807) is 4.90 Å². The fourth-order valence-corrected chi connectivity index (χ4v) is 4.12. The van der Waals surface area contributed by atoms with E-state index in [0.717, 1.165) is 37.8 Å². The lowest BCUT2D eigenvalue weighted by atomic mass is 10.1. The molecule has 164 valence electrons. The quantitative estimate of drug-likeness (QED) is 0.585. The Bertz CT molecular complexity index is 969. The average molecular weight is 426 g/mol. The Kier molecular flexibility index (Phi) is 6.43. The van der Waals surface area contributed by atoms with Gasteiger partial charge in [-0.3, -0.25) is 9.69 Å². The van der Waals surface area contributed by atoms with Gasteiger partial charge in [0.25, 0.3) is 0 Å². The number of aromatic nitrogens is 2. The second-order valence-electron chi connectivity index (χ2n) is 7.90. The van der Waals surface area contributed by atoms with Gasteiger partial charge in [-0.15, -0.1) is 0 Å². The van der Waals surface area contributed by atoms with Crippen molar-refractivity contribution in [3.8, 4) is 0 Å². The minimum atomic E-state index is -0.536. The molecule has 0 aliphatic carbocycles. The summed E-state index contributed by atoms with van der Waals surface area (Å²) in [6.45, 7) is 7.07. The lowest BCUT2D eigenvalue weighted by Gasteiger charge is -2.32. The zero-order valence-electron chi connectivity index (χ0n) is 17.4. The van der Waals surface area contributed by atoms with Gasteiger partial charge in [0, 0.05) is 44.5 Å². The summed E-state index contributed by atoms with van der Waals surface area (Å²) in [5, 5.41) is 15.4. The zero-order chi connectivity index (χ0) is 21.8. The van der Waals surface area contributed by atoms with Crippen LogP contribution in [0.5, 0.6) is 0 Å². The Morgan fingerprint density at radius 1 is 1.35 bits per heavy atom. The predicted molar refractivity (Wildman–Crippen MR) is 116 cm³/mol. The van der Waals surface area contributed by atoms with E-state index in [0.29, 0.717) is 25.6 Å². The molecule has 3 N–H and O–H groups in total. The Morgan fingerprint density at radius 2 is 2.19 bits per heavy atom. The summed E-state index contributed by atoms with van der Waals surface area (Å²) in [5.41, 5.74) is 3.24. The summed E-state index contributed by atoms with van der Waals surface area (Å²) < 4.78 is 14.3.